The number of rotatable bonds is 3. The molecule has 1 heterocycles. The summed E-state index contributed by atoms with van der Waals surface area (Å²) in [6, 6.07) is 13.1. The minimum Gasteiger partial charge on any atom is -0.322 e. The van der Waals surface area contributed by atoms with Gasteiger partial charge in [0.15, 0.2) is 0 Å². The highest BCUT2D eigenvalue weighted by molar-refractivity contribution is 6.05. The van der Waals surface area contributed by atoms with Crippen LogP contribution in [0.3, 0.4) is 0 Å². The van der Waals surface area contributed by atoms with Crippen LogP contribution in [0.4, 0.5) is 11.4 Å². The molecular weight excluding hydrogens is 288 g/mol. The minimum absolute atomic E-state index is 0.122. The van der Waals surface area contributed by atoms with Gasteiger partial charge in [-0.2, -0.15) is 0 Å². The second kappa shape index (κ2) is 6.24. The Labute approximate surface area is 136 Å². The molecule has 0 unspecified atom stereocenters. The average Bonchev–Trinajstić information content (AvgIpc) is 2.97. The molecular formula is C19H20N2O2. The summed E-state index contributed by atoms with van der Waals surface area (Å²) in [7, 11) is 0. The van der Waals surface area contributed by atoms with Gasteiger partial charge in [-0.25, -0.2) is 0 Å². The van der Waals surface area contributed by atoms with Crippen LogP contribution in [-0.2, 0) is 4.79 Å². The van der Waals surface area contributed by atoms with Crippen molar-refractivity contribution in [1.82, 2.24) is 0 Å². The zero-order valence-corrected chi connectivity index (χ0v) is 13.4. The molecule has 118 valence electrons. The van der Waals surface area contributed by atoms with E-state index in [1.54, 1.807) is 17.0 Å². The lowest BCUT2D eigenvalue weighted by Gasteiger charge is -2.16. The first-order chi connectivity index (χ1) is 11.0. The SMILES string of the molecule is Cc1ccc(NC(=O)c2cccc(N3CCCC3=O)c2)cc1C. The first kappa shape index (κ1) is 15.3. The molecule has 1 N–H and O–H groups in total. The fourth-order valence-corrected chi connectivity index (χ4v) is 2.76. The topological polar surface area (TPSA) is 49.4 Å². The Balaban J connectivity index is 1.79. The number of carbonyl (C=O) groups is 2. The Morgan fingerprint density at radius 2 is 1.91 bits per heavy atom. The summed E-state index contributed by atoms with van der Waals surface area (Å²) in [5.41, 5.74) is 4.46. The third-order valence-corrected chi connectivity index (χ3v) is 4.26. The number of hydrogen-bond donors (Lipinski definition) is 1. The number of benzene rings is 2. The highest BCUT2D eigenvalue weighted by Gasteiger charge is 2.22. The van der Waals surface area contributed by atoms with Crippen molar-refractivity contribution in [1.29, 1.82) is 0 Å². The van der Waals surface area contributed by atoms with Gasteiger partial charge in [-0.15, -0.1) is 0 Å². The van der Waals surface area contributed by atoms with Gasteiger partial charge in [-0.05, 0) is 61.7 Å². The van der Waals surface area contributed by atoms with Crippen LogP contribution < -0.4 is 10.2 Å². The van der Waals surface area contributed by atoms with E-state index in [4.69, 9.17) is 0 Å². The molecule has 0 radical (unpaired) electrons. The summed E-state index contributed by atoms with van der Waals surface area (Å²) in [6.45, 7) is 4.78. The van der Waals surface area contributed by atoms with Gasteiger partial charge < -0.3 is 10.2 Å². The molecule has 4 heteroatoms. The van der Waals surface area contributed by atoms with Gasteiger partial charge in [0.25, 0.3) is 5.91 Å². The van der Waals surface area contributed by atoms with E-state index in [2.05, 4.69) is 5.32 Å². The quantitative estimate of drug-likeness (QED) is 0.940. The molecule has 2 aromatic rings. The summed E-state index contributed by atoms with van der Waals surface area (Å²) in [4.78, 5) is 26.0. The maximum absolute atomic E-state index is 12.4. The number of carbonyl (C=O) groups excluding carboxylic acids is 2. The van der Waals surface area contributed by atoms with E-state index in [0.717, 1.165) is 29.9 Å². The molecule has 4 nitrogen and oxygen atoms in total. The molecule has 3 rings (SSSR count). The van der Waals surface area contributed by atoms with Crippen molar-refractivity contribution in [2.45, 2.75) is 26.7 Å². The van der Waals surface area contributed by atoms with E-state index in [0.29, 0.717) is 12.0 Å². The molecule has 1 aliphatic rings. The van der Waals surface area contributed by atoms with Crippen molar-refractivity contribution < 1.29 is 9.59 Å². The van der Waals surface area contributed by atoms with Crippen LogP contribution in [-0.4, -0.2) is 18.4 Å². The van der Waals surface area contributed by atoms with Crippen molar-refractivity contribution in [2.75, 3.05) is 16.8 Å². The molecule has 0 spiro atoms. The van der Waals surface area contributed by atoms with Crippen LogP contribution in [0, 0.1) is 13.8 Å². The lowest BCUT2D eigenvalue weighted by Crippen LogP contribution is -2.24. The molecule has 0 atom stereocenters. The van der Waals surface area contributed by atoms with Gasteiger partial charge >= 0.3 is 0 Å². The molecule has 2 amide bonds. The van der Waals surface area contributed by atoms with Crippen LogP contribution >= 0.6 is 0 Å². The monoisotopic (exact) mass is 308 g/mol. The summed E-state index contributed by atoms with van der Waals surface area (Å²) in [5, 5.41) is 2.91. The number of nitrogens with zero attached hydrogens (tertiary/aromatic N) is 1. The molecule has 0 bridgehead atoms. The predicted molar refractivity (Wildman–Crippen MR) is 91.9 cm³/mol. The third kappa shape index (κ3) is 3.26. The van der Waals surface area contributed by atoms with Crippen molar-refractivity contribution in [3.8, 4) is 0 Å². The fourth-order valence-electron chi connectivity index (χ4n) is 2.76. The lowest BCUT2D eigenvalue weighted by molar-refractivity contribution is -0.117. The first-order valence-electron chi connectivity index (χ1n) is 7.83. The van der Waals surface area contributed by atoms with Crippen molar-refractivity contribution in [3.63, 3.8) is 0 Å². The van der Waals surface area contributed by atoms with Gasteiger partial charge in [-0.1, -0.05) is 12.1 Å². The maximum Gasteiger partial charge on any atom is 0.255 e. The predicted octanol–water partition coefficient (Wildman–Crippen LogP) is 3.68. The summed E-state index contributed by atoms with van der Waals surface area (Å²) in [6.07, 6.45) is 1.46. The van der Waals surface area contributed by atoms with E-state index in [1.165, 1.54) is 5.56 Å². The lowest BCUT2D eigenvalue weighted by atomic mass is 10.1. The highest BCUT2D eigenvalue weighted by atomic mass is 16.2. The molecule has 23 heavy (non-hydrogen) atoms. The van der Waals surface area contributed by atoms with Gasteiger partial charge in [0.1, 0.15) is 0 Å². The Hall–Kier alpha value is -2.62. The minimum atomic E-state index is -0.165. The van der Waals surface area contributed by atoms with Gasteiger partial charge in [0, 0.05) is 29.9 Å². The summed E-state index contributed by atoms with van der Waals surface area (Å²) >= 11 is 0. The van der Waals surface area contributed by atoms with E-state index >= 15 is 0 Å². The first-order valence-corrected chi connectivity index (χ1v) is 7.83. The van der Waals surface area contributed by atoms with E-state index in [1.807, 2.05) is 44.2 Å². The third-order valence-electron chi connectivity index (χ3n) is 4.26. The molecule has 0 aliphatic carbocycles. The average molecular weight is 308 g/mol. The van der Waals surface area contributed by atoms with Crippen LogP contribution in [0.1, 0.15) is 34.3 Å². The fraction of sp³-hybridized carbons (Fsp3) is 0.263. The van der Waals surface area contributed by atoms with Crippen molar-refractivity contribution >= 4 is 23.2 Å². The zero-order chi connectivity index (χ0) is 16.4. The van der Waals surface area contributed by atoms with E-state index in [-0.39, 0.29) is 11.8 Å². The van der Waals surface area contributed by atoms with Gasteiger partial charge in [0.2, 0.25) is 5.91 Å². The van der Waals surface area contributed by atoms with Crippen LogP contribution in [0.5, 0.6) is 0 Å². The normalized spacial score (nSPS) is 14.2. The summed E-state index contributed by atoms with van der Waals surface area (Å²) in [5.74, 6) is -0.0431. The van der Waals surface area contributed by atoms with Crippen LogP contribution in [0.15, 0.2) is 42.5 Å². The van der Waals surface area contributed by atoms with Crippen LogP contribution in [0.25, 0.3) is 0 Å². The van der Waals surface area contributed by atoms with E-state index in [9.17, 15) is 9.59 Å². The largest absolute Gasteiger partial charge is 0.322 e. The van der Waals surface area contributed by atoms with Crippen molar-refractivity contribution in [3.05, 3.63) is 59.2 Å². The summed E-state index contributed by atoms with van der Waals surface area (Å²) < 4.78 is 0. The Kier molecular flexibility index (Phi) is 4.15. The smallest absolute Gasteiger partial charge is 0.255 e. The van der Waals surface area contributed by atoms with Gasteiger partial charge in [0.05, 0.1) is 0 Å². The molecule has 1 aliphatic heterocycles. The Bertz CT molecular complexity index is 768. The maximum atomic E-state index is 12.4. The molecule has 2 aromatic carbocycles. The molecule has 1 saturated heterocycles. The Morgan fingerprint density at radius 3 is 2.61 bits per heavy atom. The number of amides is 2. The van der Waals surface area contributed by atoms with E-state index < -0.39 is 0 Å². The Morgan fingerprint density at radius 1 is 1.09 bits per heavy atom. The molecule has 0 saturated carbocycles. The highest BCUT2D eigenvalue weighted by Crippen LogP contribution is 2.23. The van der Waals surface area contributed by atoms with Crippen molar-refractivity contribution in [2.24, 2.45) is 0 Å². The number of anilines is 2. The molecule has 0 aromatic heterocycles. The second-order valence-corrected chi connectivity index (χ2v) is 5.95. The second-order valence-electron chi connectivity index (χ2n) is 5.95. The molecule has 1 fully saturated rings. The number of hydrogen-bond acceptors (Lipinski definition) is 2. The number of nitrogens with one attached hydrogen (secondary N) is 1. The standard InChI is InChI=1S/C19H20N2O2/c1-13-8-9-16(11-14(13)2)20-19(23)15-5-3-6-17(12-15)21-10-4-7-18(21)22/h3,5-6,8-9,11-12H,4,7,10H2,1-2H3,(H,20,23). The van der Waals surface area contributed by atoms with Gasteiger partial charge in [-0.3, -0.25) is 9.59 Å². The zero-order valence-electron chi connectivity index (χ0n) is 13.4. The number of aryl methyl sites for hydroxylation is 2. The van der Waals surface area contributed by atoms with Crippen LogP contribution in [0.2, 0.25) is 0 Å².